The van der Waals surface area contributed by atoms with Crippen LogP contribution in [0, 0.1) is 11.3 Å². The molecule has 2 rings (SSSR count). The van der Waals surface area contributed by atoms with Crippen molar-refractivity contribution in [1.82, 2.24) is 4.98 Å². The fourth-order valence-corrected chi connectivity index (χ4v) is 2.96. The fraction of sp³-hybridized carbons (Fsp3) is 0.688. The SMILES string of the molecule is CC1(C)CCC(CNc2ncccc2C(F)(F)F)CC1(C)O. The van der Waals surface area contributed by atoms with E-state index in [0.717, 1.165) is 18.9 Å². The van der Waals surface area contributed by atoms with E-state index < -0.39 is 17.3 Å². The average Bonchev–Trinajstić information content (AvgIpc) is 2.39. The molecule has 0 bridgehead atoms. The van der Waals surface area contributed by atoms with Gasteiger partial charge in [0.15, 0.2) is 0 Å². The van der Waals surface area contributed by atoms with Crippen molar-refractivity contribution in [2.24, 2.45) is 11.3 Å². The van der Waals surface area contributed by atoms with E-state index in [1.54, 1.807) is 6.92 Å². The molecule has 1 aromatic heterocycles. The van der Waals surface area contributed by atoms with E-state index in [4.69, 9.17) is 0 Å². The van der Waals surface area contributed by atoms with Crippen molar-refractivity contribution >= 4 is 5.82 Å². The van der Waals surface area contributed by atoms with E-state index in [0.29, 0.717) is 13.0 Å². The van der Waals surface area contributed by atoms with Crippen LogP contribution in [0.3, 0.4) is 0 Å². The molecule has 2 unspecified atom stereocenters. The summed E-state index contributed by atoms with van der Waals surface area (Å²) in [5.41, 5.74) is -1.74. The monoisotopic (exact) mass is 316 g/mol. The van der Waals surface area contributed by atoms with Gasteiger partial charge in [-0.15, -0.1) is 0 Å². The molecular formula is C16H23F3N2O. The van der Waals surface area contributed by atoms with Crippen molar-refractivity contribution in [2.45, 2.75) is 51.8 Å². The molecule has 1 saturated carbocycles. The Bertz CT molecular complexity index is 526. The van der Waals surface area contributed by atoms with Gasteiger partial charge in [0.2, 0.25) is 0 Å². The normalized spacial score (nSPS) is 28.4. The molecule has 3 nitrogen and oxygen atoms in total. The van der Waals surface area contributed by atoms with Crippen LogP contribution in [0.2, 0.25) is 0 Å². The number of halogens is 3. The summed E-state index contributed by atoms with van der Waals surface area (Å²) in [6.07, 6.45) is -0.777. The van der Waals surface area contributed by atoms with E-state index in [9.17, 15) is 18.3 Å². The van der Waals surface area contributed by atoms with Gasteiger partial charge in [-0.2, -0.15) is 13.2 Å². The Balaban J connectivity index is 2.03. The molecule has 0 aromatic carbocycles. The Morgan fingerprint density at radius 1 is 1.36 bits per heavy atom. The quantitative estimate of drug-likeness (QED) is 0.883. The molecule has 2 N–H and O–H groups in total. The lowest BCUT2D eigenvalue weighted by Gasteiger charge is -2.47. The molecule has 0 radical (unpaired) electrons. The third kappa shape index (κ3) is 3.54. The highest BCUT2D eigenvalue weighted by Crippen LogP contribution is 2.45. The predicted molar refractivity (Wildman–Crippen MR) is 79.5 cm³/mol. The number of aliphatic hydroxyl groups is 1. The van der Waals surface area contributed by atoms with Crippen molar-refractivity contribution in [3.05, 3.63) is 23.9 Å². The topological polar surface area (TPSA) is 45.2 Å². The number of nitrogens with one attached hydrogen (secondary N) is 1. The number of hydrogen-bond acceptors (Lipinski definition) is 3. The number of pyridine rings is 1. The summed E-state index contributed by atoms with van der Waals surface area (Å²) in [6.45, 7) is 6.24. The smallest absolute Gasteiger partial charge is 0.390 e. The van der Waals surface area contributed by atoms with Gasteiger partial charge in [-0.1, -0.05) is 13.8 Å². The zero-order valence-electron chi connectivity index (χ0n) is 13.2. The van der Waals surface area contributed by atoms with Gasteiger partial charge in [-0.05, 0) is 49.7 Å². The predicted octanol–water partition coefficient (Wildman–Crippen LogP) is 4.09. The number of hydrogen-bond donors (Lipinski definition) is 2. The average molecular weight is 316 g/mol. The van der Waals surface area contributed by atoms with Crippen LogP contribution in [0.15, 0.2) is 18.3 Å². The van der Waals surface area contributed by atoms with Crippen LogP contribution in [0.5, 0.6) is 0 Å². The molecule has 0 saturated heterocycles. The van der Waals surface area contributed by atoms with Crippen LogP contribution >= 0.6 is 0 Å². The summed E-state index contributed by atoms with van der Waals surface area (Å²) in [4.78, 5) is 3.80. The maximum absolute atomic E-state index is 12.9. The maximum atomic E-state index is 12.9. The molecule has 1 aliphatic carbocycles. The van der Waals surface area contributed by atoms with Crippen LogP contribution in [0.25, 0.3) is 0 Å². The van der Waals surface area contributed by atoms with Crippen molar-refractivity contribution in [3.63, 3.8) is 0 Å². The molecule has 124 valence electrons. The van der Waals surface area contributed by atoms with Crippen molar-refractivity contribution in [3.8, 4) is 0 Å². The first-order chi connectivity index (χ1) is 10.0. The summed E-state index contributed by atoms with van der Waals surface area (Å²) >= 11 is 0. The Hall–Kier alpha value is -1.30. The van der Waals surface area contributed by atoms with Crippen LogP contribution < -0.4 is 5.32 Å². The summed E-state index contributed by atoms with van der Waals surface area (Å²) in [6, 6.07) is 2.30. The Morgan fingerprint density at radius 3 is 2.64 bits per heavy atom. The lowest BCUT2D eigenvalue weighted by Crippen LogP contribution is -2.48. The van der Waals surface area contributed by atoms with Gasteiger partial charge < -0.3 is 10.4 Å². The molecule has 1 aliphatic rings. The van der Waals surface area contributed by atoms with E-state index in [1.165, 1.54) is 12.3 Å². The minimum absolute atomic E-state index is 0.131. The second kappa shape index (κ2) is 5.72. The van der Waals surface area contributed by atoms with Gasteiger partial charge in [0.1, 0.15) is 5.82 Å². The van der Waals surface area contributed by atoms with Crippen molar-refractivity contribution in [1.29, 1.82) is 0 Å². The first kappa shape index (κ1) is 17.1. The molecule has 0 spiro atoms. The Morgan fingerprint density at radius 2 is 2.05 bits per heavy atom. The van der Waals surface area contributed by atoms with Gasteiger partial charge in [0.05, 0.1) is 11.2 Å². The highest BCUT2D eigenvalue weighted by Gasteiger charge is 2.44. The molecule has 0 aliphatic heterocycles. The molecular weight excluding hydrogens is 293 g/mol. The zero-order valence-corrected chi connectivity index (χ0v) is 13.2. The van der Waals surface area contributed by atoms with E-state index >= 15 is 0 Å². The standard InChI is InChI=1S/C16H23F3N2O/c1-14(2)7-6-11(9-15(14,3)22)10-21-13-12(16(17,18)19)5-4-8-20-13/h4-5,8,11,22H,6-7,9-10H2,1-3H3,(H,20,21). The van der Waals surface area contributed by atoms with E-state index in [-0.39, 0.29) is 17.2 Å². The van der Waals surface area contributed by atoms with Crippen LogP contribution in [0.1, 0.15) is 45.6 Å². The summed E-state index contributed by atoms with van der Waals surface area (Å²) in [5.74, 6) is -0.00871. The summed E-state index contributed by atoms with van der Waals surface area (Å²) in [5, 5.41) is 13.3. The lowest BCUT2D eigenvalue weighted by atomic mass is 9.63. The van der Waals surface area contributed by atoms with Crippen molar-refractivity contribution < 1.29 is 18.3 Å². The van der Waals surface area contributed by atoms with Crippen molar-refractivity contribution in [2.75, 3.05) is 11.9 Å². The molecule has 6 heteroatoms. The molecule has 0 amide bonds. The third-order valence-corrected chi connectivity index (χ3v) is 4.99. The number of aromatic nitrogens is 1. The van der Waals surface area contributed by atoms with Crippen LogP contribution in [-0.4, -0.2) is 22.2 Å². The minimum Gasteiger partial charge on any atom is -0.390 e. The summed E-state index contributed by atoms with van der Waals surface area (Å²) < 4.78 is 38.8. The number of anilines is 1. The highest BCUT2D eigenvalue weighted by molar-refractivity contribution is 5.45. The first-order valence-corrected chi connectivity index (χ1v) is 7.51. The fourth-order valence-electron chi connectivity index (χ4n) is 2.96. The first-order valence-electron chi connectivity index (χ1n) is 7.51. The minimum atomic E-state index is -4.42. The third-order valence-electron chi connectivity index (χ3n) is 4.99. The largest absolute Gasteiger partial charge is 0.419 e. The van der Waals surface area contributed by atoms with Crippen LogP contribution in [0.4, 0.5) is 19.0 Å². The summed E-state index contributed by atoms with van der Waals surface area (Å²) in [7, 11) is 0. The number of alkyl halides is 3. The molecule has 1 fully saturated rings. The number of nitrogens with zero attached hydrogens (tertiary/aromatic N) is 1. The van der Waals surface area contributed by atoms with Gasteiger partial charge in [0, 0.05) is 12.7 Å². The molecule has 2 atom stereocenters. The van der Waals surface area contributed by atoms with E-state index in [2.05, 4.69) is 10.3 Å². The van der Waals surface area contributed by atoms with Gasteiger partial charge in [-0.3, -0.25) is 0 Å². The number of rotatable bonds is 3. The molecule has 22 heavy (non-hydrogen) atoms. The molecule has 1 aromatic rings. The second-order valence-electron chi connectivity index (χ2n) is 7.04. The maximum Gasteiger partial charge on any atom is 0.419 e. The van der Waals surface area contributed by atoms with Gasteiger partial charge in [-0.25, -0.2) is 4.98 Å². The van der Waals surface area contributed by atoms with E-state index in [1.807, 2.05) is 13.8 Å². The molecule has 1 heterocycles. The lowest BCUT2D eigenvalue weighted by molar-refractivity contribution is -0.137. The highest BCUT2D eigenvalue weighted by atomic mass is 19.4. The Kier molecular flexibility index (Phi) is 4.44. The Labute approximate surface area is 129 Å². The van der Waals surface area contributed by atoms with Gasteiger partial charge in [0.25, 0.3) is 0 Å². The van der Waals surface area contributed by atoms with Gasteiger partial charge >= 0.3 is 6.18 Å². The van der Waals surface area contributed by atoms with Crippen LogP contribution in [-0.2, 0) is 6.18 Å². The zero-order chi connectivity index (χ0) is 16.6. The second-order valence-corrected chi connectivity index (χ2v) is 7.04.